The van der Waals surface area contributed by atoms with Gasteiger partial charge in [0.25, 0.3) is 0 Å². The molecule has 1 aliphatic rings. The summed E-state index contributed by atoms with van der Waals surface area (Å²) in [6, 6.07) is 13.6. The monoisotopic (exact) mass is 400 g/mol. The van der Waals surface area contributed by atoms with E-state index in [-0.39, 0.29) is 6.61 Å². The number of methoxy groups -OCH3 is 1. The van der Waals surface area contributed by atoms with Crippen LogP contribution in [0.25, 0.3) is 0 Å². The van der Waals surface area contributed by atoms with E-state index in [1.54, 1.807) is 25.3 Å². The molecule has 0 bridgehead atoms. The van der Waals surface area contributed by atoms with Crippen LogP contribution < -0.4 is 20.1 Å². The molecular formula is C22H28N2O5. The zero-order valence-electron chi connectivity index (χ0n) is 16.6. The van der Waals surface area contributed by atoms with Gasteiger partial charge in [-0.05, 0) is 37.0 Å². The van der Waals surface area contributed by atoms with Crippen molar-refractivity contribution in [3.63, 3.8) is 0 Å². The van der Waals surface area contributed by atoms with Gasteiger partial charge in [-0.1, -0.05) is 30.3 Å². The number of benzene rings is 2. The molecule has 0 aromatic heterocycles. The van der Waals surface area contributed by atoms with Crippen molar-refractivity contribution < 1.29 is 24.1 Å². The second kappa shape index (κ2) is 10.7. The summed E-state index contributed by atoms with van der Waals surface area (Å²) in [4.78, 5) is 12.4. The first-order valence-corrected chi connectivity index (χ1v) is 9.85. The van der Waals surface area contributed by atoms with Crippen LogP contribution in [0.3, 0.4) is 0 Å². The molecule has 7 nitrogen and oxygen atoms in total. The number of nitrogens with one attached hydrogen (secondary N) is 2. The highest BCUT2D eigenvalue weighted by Crippen LogP contribution is 2.30. The molecular weight excluding hydrogens is 372 g/mol. The Balaban J connectivity index is 1.55. The number of carbonyl (C=O) groups excluding carboxylic acids is 1. The number of ether oxygens (including phenoxy) is 3. The van der Waals surface area contributed by atoms with E-state index < -0.39 is 12.1 Å². The van der Waals surface area contributed by atoms with Gasteiger partial charge in [0.15, 0.2) is 11.5 Å². The number of aliphatic hydroxyl groups excluding tert-OH is 1. The molecule has 0 heterocycles. The third-order valence-electron chi connectivity index (χ3n) is 4.86. The Hall–Kier alpha value is -2.77. The van der Waals surface area contributed by atoms with E-state index in [4.69, 9.17) is 14.2 Å². The van der Waals surface area contributed by atoms with Crippen LogP contribution in [0.5, 0.6) is 11.5 Å². The van der Waals surface area contributed by atoms with E-state index in [0.717, 1.165) is 18.4 Å². The van der Waals surface area contributed by atoms with Crippen LogP contribution in [0.1, 0.15) is 30.9 Å². The molecule has 1 atom stereocenters. The molecule has 0 radical (unpaired) electrons. The van der Waals surface area contributed by atoms with Crippen molar-refractivity contribution in [1.29, 1.82) is 0 Å². The predicted octanol–water partition coefficient (Wildman–Crippen LogP) is 3.50. The van der Waals surface area contributed by atoms with Crippen LogP contribution in [-0.4, -0.2) is 44.2 Å². The van der Waals surface area contributed by atoms with Gasteiger partial charge >= 0.3 is 6.03 Å². The van der Waals surface area contributed by atoms with Crippen molar-refractivity contribution in [2.75, 3.05) is 32.2 Å². The summed E-state index contributed by atoms with van der Waals surface area (Å²) in [6.45, 7) is 0.722. The molecule has 0 spiro atoms. The smallest absolute Gasteiger partial charge is 0.319 e. The average Bonchev–Trinajstić information content (AvgIpc) is 2.71. The zero-order chi connectivity index (χ0) is 20.5. The van der Waals surface area contributed by atoms with Crippen molar-refractivity contribution in [2.24, 2.45) is 0 Å². The van der Waals surface area contributed by atoms with E-state index in [1.165, 1.54) is 6.42 Å². The fourth-order valence-corrected chi connectivity index (χ4v) is 3.02. The van der Waals surface area contributed by atoms with Gasteiger partial charge in [0, 0.05) is 11.8 Å². The fraction of sp³-hybridized carbons (Fsp3) is 0.409. The summed E-state index contributed by atoms with van der Waals surface area (Å²) in [5, 5.41) is 15.1. The molecule has 3 rings (SSSR count). The Labute approximate surface area is 171 Å². The van der Waals surface area contributed by atoms with E-state index in [9.17, 15) is 9.90 Å². The van der Waals surface area contributed by atoms with Gasteiger partial charge in [0.05, 0.1) is 32.5 Å². The second-order valence-corrected chi connectivity index (χ2v) is 6.88. The van der Waals surface area contributed by atoms with Crippen molar-refractivity contribution in [2.45, 2.75) is 31.4 Å². The number of amides is 2. The lowest BCUT2D eigenvalue weighted by atomic mass is 9.96. The molecule has 29 heavy (non-hydrogen) atoms. The lowest BCUT2D eigenvalue weighted by Gasteiger charge is -2.25. The van der Waals surface area contributed by atoms with Crippen LogP contribution in [0.4, 0.5) is 10.5 Å². The van der Waals surface area contributed by atoms with Crippen molar-refractivity contribution >= 4 is 11.7 Å². The summed E-state index contributed by atoms with van der Waals surface area (Å²) in [6.07, 6.45) is 3.84. The Morgan fingerprint density at radius 3 is 2.59 bits per heavy atom. The van der Waals surface area contributed by atoms with Gasteiger partial charge in [-0.25, -0.2) is 4.79 Å². The number of hydrogen-bond donors (Lipinski definition) is 3. The molecule has 3 N–H and O–H groups in total. The molecule has 7 heteroatoms. The zero-order valence-corrected chi connectivity index (χ0v) is 16.6. The SMILES string of the molecule is COc1ccc(NC(=O)N[C@@H](CO)c2ccccc2)cc1OCCOC1CCC1. The topological polar surface area (TPSA) is 89.1 Å². The summed E-state index contributed by atoms with van der Waals surface area (Å²) in [7, 11) is 1.57. The van der Waals surface area contributed by atoms with Crippen LogP contribution in [0.2, 0.25) is 0 Å². The highest BCUT2D eigenvalue weighted by molar-refractivity contribution is 5.90. The maximum absolute atomic E-state index is 12.4. The first-order valence-electron chi connectivity index (χ1n) is 9.85. The minimum absolute atomic E-state index is 0.199. The highest BCUT2D eigenvalue weighted by Gasteiger charge is 2.18. The molecule has 0 unspecified atom stereocenters. The number of urea groups is 1. The van der Waals surface area contributed by atoms with Crippen LogP contribution >= 0.6 is 0 Å². The van der Waals surface area contributed by atoms with Gasteiger partial charge in [-0.3, -0.25) is 0 Å². The third kappa shape index (κ3) is 6.10. The number of aliphatic hydroxyl groups is 1. The second-order valence-electron chi connectivity index (χ2n) is 6.88. The predicted molar refractivity (Wildman–Crippen MR) is 111 cm³/mol. The molecule has 2 aromatic carbocycles. The van der Waals surface area contributed by atoms with Crippen molar-refractivity contribution in [3.8, 4) is 11.5 Å². The molecule has 1 fully saturated rings. The summed E-state index contributed by atoms with van der Waals surface area (Å²) in [5.41, 5.74) is 1.39. The molecule has 156 valence electrons. The lowest BCUT2D eigenvalue weighted by molar-refractivity contribution is -0.0106. The quantitative estimate of drug-likeness (QED) is 0.531. The number of carbonyl (C=O) groups is 1. The Morgan fingerprint density at radius 1 is 1.14 bits per heavy atom. The molecule has 1 aliphatic carbocycles. The van der Waals surface area contributed by atoms with Gasteiger partial charge in [0.2, 0.25) is 0 Å². The average molecular weight is 400 g/mol. The van der Waals surface area contributed by atoms with E-state index in [1.807, 2.05) is 30.3 Å². The molecule has 1 saturated carbocycles. The molecule has 2 aromatic rings. The summed E-state index contributed by atoms with van der Waals surface area (Å²) < 4.78 is 16.8. The lowest BCUT2D eigenvalue weighted by Crippen LogP contribution is -2.34. The fourth-order valence-electron chi connectivity index (χ4n) is 3.02. The molecule has 2 amide bonds. The van der Waals surface area contributed by atoms with Crippen molar-refractivity contribution in [3.05, 3.63) is 54.1 Å². The van der Waals surface area contributed by atoms with Crippen LogP contribution in [0, 0.1) is 0 Å². The van der Waals surface area contributed by atoms with E-state index >= 15 is 0 Å². The standard InChI is InChI=1S/C22H28N2O5/c1-27-20-11-10-17(14-21(20)29-13-12-28-18-8-5-9-18)23-22(26)24-19(15-25)16-6-3-2-4-7-16/h2-4,6-7,10-11,14,18-19,25H,5,8-9,12-13,15H2,1H3,(H2,23,24,26)/t19-/m0/s1. The van der Waals surface area contributed by atoms with E-state index in [2.05, 4.69) is 10.6 Å². The minimum Gasteiger partial charge on any atom is -0.493 e. The minimum atomic E-state index is -0.492. The van der Waals surface area contributed by atoms with Gasteiger partial charge in [-0.2, -0.15) is 0 Å². The number of anilines is 1. The van der Waals surface area contributed by atoms with Crippen molar-refractivity contribution in [1.82, 2.24) is 5.32 Å². The van der Waals surface area contributed by atoms with Gasteiger partial charge in [0.1, 0.15) is 6.61 Å². The third-order valence-corrected chi connectivity index (χ3v) is 4.86. The first-order chi connectivity index (χ1) is 14.2. The molecule has 0 saturated heterocycles. The van der Waals surface area contributed by atoms with Gasteiger partial charge < -0.3 is 30.0 Å². The van der Waals surface area contributed by atoms with Crippen LogP contribution in [0.15, 0.2) is 48.5 Å². The maximum atomic E-state index is 12.4. The Bertz CT molecular complexity index is 780. The van der Waals surface area contributed by atoms with E-state index in [0.29, 0.717) is 36.5 Å². The van der Waals surface area contributed by atoms with Crippen LogP contribution in [-0.2, 0) is 4.74 Å². The number of hydrogen-bond acceptors (Lipinski definition) is 5. The Morgan fingerprint density at radius 2 is 1.93 bits per heavy atom. The largest absolute Gasteiger partial charge is 0.493 e. The highest BCUT2D eigenvalue weighted by atomic mass is 16.5. The number of rotatable bonds is 10. The summed E-state index contributed by atoms with van der Waals surface area (Å²) in [5.74, 6) is 1.11. The maximum Gasteiger partial charge on any atom is 0.319 e. The normalized spacial score (nSPS) is 14.6. The Kier molecular flexibility index (Phi) is 7.72. The molecule has 0 aliphatic heterocycles. The van der Waals surface area contributed by atoms with Gasteiger partial charge in [-0.15, -0.1) is 0 Å². The first kappa shape index (κ1) is 21.0. The summed E-state index contributed by atoms with van der Waals surface area (Å²) >= 11 is 0.